The second kappa shape index (κ2) is 8.94. The molecule has 3 rings (SSSR count). The van der Waals surface area contributed by atoms with Crippen LogP contribution in [-0.4, -0.2) is 60.3 Å². The van der Waals surface area contributed by atoms with Crippen LogP contribution in [0.15, 0.2) is 54.6 Å². The Hall–Kier alpha value is -1.95. The summed E-state index contributed by atoms with van der Waals surface area (Å²) in [5, 5.41) is 10.2. The predicted molar refractivity (Wildman–Crippen MR) is 96.1 cm³/mol. The van der Waals surface area contributed by atoms with Crippen LogP contribution in [0.5, 0.6) is 5.75 Å². The molecule has 1 fully saturated rings. The van der Waals surface area contributed by atoms with Crippen molar-refractivity contribution in [3.8, 4) is 5.75 Å². The molecule has 0 aromatic heterocycles. The first kappa shape index (κ1) is 17.9. The van der Waals surface area contributed by atoms with E-state index in [2.05, 4.69) is 34.1 Å². The Morgan fingerprint density at radius 3 is 2.28 bits per heavy atom. The normalized spacial score (nSPS) is 17.4. The largest absolute Gasteiger partial charge is 0.488 e. The van der Waals surface area contributed by atoms with E-state index in [0.717, 1.165) is 32.7 Å². The van der Waals surface area contributed by atoms with Crippen molar-refractivity contribution in [2.75, 3.05) is 39.3 Å². The smallest absolute Gasteiger partial charge is 0.165 e. The van der Waals surface area contributed by atoms with Gasteiger partial charge in [-0.25, -0.2) is 4.39 Å². The van der Waals surface area contributed by atoms with Gasteiger partial charge in [0.25, 0.3) is 0 Å². The summed E-state index contributed by atoms with van der Waals surface area (Å²) in [7, 11) is 0. The summed E-state index contributed by atoms with van der Waals surface area (Å²) in [6.07, 6.45) is -0.625. The quantitative estimate of drug-likeness (QED) is 0.837. The van der Waals surface area contributed by atoms with Gasteiger partial charge in [-0.1, -0.05) is 42.5 Å². The van der Waals surface area contributed by atoms with Crippen LogP contribution < -0.4 is 4.74 Å². The molecule has 134 valence electrons. The highest BCUT2D eigenvalue weighted by Crippen LogP contribution is 2.15. The highest BCUT2D eigenvalue weighted by atomic mass is 19.1. The molecule has 1 saturated heterocycles. The number of piperazine rings is 1. The molecule has 0 bridgehead atoms. The fraction of sp³-hybridized carbons (Fsp3) is 0.400. The van der Waals surface area contributed by atoms with E-state index in [1.54, 1.807) is 18.2 Å². The molecule has 2 aromatic rings. The standard InChI is InChI=1S/C20H25FN2O2/c21-19-8-4-5-9-20(19)25-16-18(24)15-23-12-10-22(11-13-23)14-17-6-2-1-3-7-17/h1-9,18,24H,10-16H2. The minimum Gasteiger partial charge on any atom is -0.488 e. The molecule has 2 aromatic carbocycles. The highest BCUT2D eigenvalue weighted by molar-refractivity contribution is 5.23. The van der Waals surface area contributed by atoms with Crippen LogP contribution in [0.1, 0.15) is 5.56 Å². The van der Waals surface area contributed by atoms with Crippen molar-refractivity contribution < 1.29 is 14.2 Å². The van der Waals surface area contributed by atoms with Crippen LogP contribution in [0.2, 0.25) is 0 Å². The van der Waals surface area contributed by atoms with Gasteiger partial charge in [-0.3, -0.25) is 9.80 Å². The van der Waals surface area contributed by atoms with Gasteiger partial charge in [0.15, 0.2) is 11.6 Å². The second-order valence-electron chi connectivity index (χ2n) is 6.46. The molecule has 0 spiro atoms. The van der Waals surface area contributed by atoms with Crippen molar-refractivity contribution in [3.05, 3.63) is 66.0 Å². The summed E-state index contributed by atoms with van der Waals surface area (Å²) >= 11 is 0. The number of aliphatic hydroxyl groups excluding tert-OH is 1. The summed E-state index contributed by atoms with van der Waals surface area (Å²) in [6.45, 7) is 5.42. The summed E-state index contributed by atoms with van der Waals surface area (Å²) < 4.78 is 18.9. The topological polar surface area (TPSA) is 35.9 Å². The molecule has 0 amide bonds. The first-order valence-corrected chi connectivity index (χ1v) is 8.75. The molecule has 1 aliphatic rings. The van der Waals surface area contributed by atoms with E-state index < -0.39 is 11.9 Å². The Bertz CT molecular complexity index is 645. The van der Waals surface area contributed by atoms with E-state index >= 15 is 0 Å². The molecule has 1 N–H and O–H groups in total. The van der Waals surface area contributed by atoms with Gasteiger partial charge in [0.1, 0.15) is 12.7 Å². The third-order valence-corrected chi connectivity index (χ3v) is 4.45. The molecular weight excluding hydrogens is 319 g/mol. The zero-order valence-corrected chi connectivity index (χ0v) is 14.4. The molecule has 1 heterocycles. The van der Waals surface area contributed by atoms with E-state index in [9.17, 15) is 9.50 Å². The number of β-amino-alcohol motifs (C(OH)–C–C–N with tert-alkyl or cyclic N) is 1. The van der Waals surface area contributed by atoms with Gasteiger partial charge in [0.2, 0.25) is 0 Å². The van der Waals surface area contributed by atoms with Crippen molar-refractivity contribution >= 4 is 0 Å². The molecular formula is C20H25FN2O2. The first-order valence-electron chi connectivity index (χ1n) is 8.75. The molecule has 0 radical (unpaired) electrons. The number of aliphatic hydroxyl groups is 1. The third-order valence-electron chi connectivity index (χ3n) is 4.45. The zero-order chi connectivity index (χ0) is 17.5. The van der Waals surface area contributed by atoms with Crippen LogP contribution in [-0.2, 0) is 6.54 Å². The maximum atomic E-state index is 13.5. The van der Waals surface area contributed by atoms with Crippen LogP contribution in [0.3, 0.4) is 0 Å². The van der Waals surface area contributed by atoms with E-state index in [1.165, 1.54) is 11.6 Å². The summed E-state index contributed by atoms with van der Waals surface area (Å²) in [5.74, 6) is -0.210. The summed E-state index contributed by atoms with van der Waals surface area (Å²) in [6, 6.07) is 16.7. The van der Waals surface area contributed by atoms with Gasteiger partial charge >= 0.3 is 0 Å². The lowest BCUT2D eigenvalue weighted by atomic mass is 10.2. The fourth-order valence-corrected chi connectivity index (χ4v) is 3.07. The highest BCUT2D eigenvalue weighted by Gasteiger charge is 2.19. The molecule has 1 atom stereocenters. The summed E-state index contributed by atoms with van der Waals surface area (Å²) in [5.41, 5.74) is 1.33. The second-order valence-corrected chi connectivity index (χ2v) is 6.46. The number of hydrogen-bond donors (Lipinski definition) is 1. The lowest BCUT2D eigenvalue weighted by molar-refractivity contribution is 0.0437. The van der Waals surface area contributed by atoms with Crippen molar-refractivity contribution in [1.82, 2.24) is 9.80 Å². The predicted octanol–water partition coefficient (Wildman–Crippen LogP) is 2.38. The molecule has 0 aliphatic carbocycles. The maximum Gasteiger partial charge on any atom is 0.165 e. The van der Waals surface area contributed by atoms with E-state index in [-0.39, 0.29) is 12.4 Å². The number of benzene rings is 2. The molecule has 4 nitrogen and oxygen atoms in total. The molecule has 1 aliphatic heterocycles. The van der Waals surface area contributed by atoms with Gasteiger partial charge in [0.05, 0.1) is 0 Å². The van der Waals surface area contributed by atoms with Crippen LogP contribution in [0.25, 0.3) is 0 Å². The van der Waals surface area contributed by atoms with Gasteiger partial charge in [0, 0.05) is 39.3 Å². The number of rotatable bonds is 7. The van der Waals surface area contributed by atoms with Crippen LogP contribution >= 0.6 is 0 Å². The third kappa shape index (κ3) is 5.53. The minimum atomic E-state index is -0.625. The minimum absolute atomic E-state index is 0.102. The van der Waals surface area contributed by atoms with E-state index in [1.807, 2.05) is 6.07 Å². The average molecular weight is 344 g/mol. The Kier molecular flexibility index (Phi) is 6.39. The zero-order valence-electron chi connectivity index (χ0n) is 14.4. The molecule has 5 heteroatoms. The van der Waals surface area contributed by atoms with Gasteiger partial charge in [-0.15, -0.1) is 0 Å². The SMILES string of the molecule is OC(COc1ccccc1F)CN1CCN(Cc2ccccc2)CC1. The Labute approximate surface area is 148 Å². The number of hydrogen-bond acceptors (Lipinski definition) is 4. The Morgan fingerprint density at radius 1 is 0.920 bits per heavy atom. The Morgan fingerprint density at radius 2 is 1.56 bits per heavy atom. The molecule has 25 heavy (non-hydrogen) atoms. The lowest BCUT2D eigenvalue weighted by Crippen LogP contribution is -2.48. The monoisotopic (exact) mass is 344 g/mol. The molecule has 1 unspecified atom stereocenters. The van der Waals surface area contributed by atoms with Gasteiger partial charge < -0.3 is 9.84 Å². The van der Waals surface area contributed by atoms with Gasteiger partial charge in [-0.2, -0.15) is 0 Å². The number of nitrogens with zero attached hydrogens (tertiary/aromatic N) is 2. The van der Waals surface area contributed by atoms with E-state index in [4.69, 9.17) is 4.74 Å². The van der Waals surface area contributed by atoms with Crippen molar-refractivity contribution in [2.24, 2.45) is 0 Å². The molecule has 0 saturated carbocycles. The van der Waals surface area contributed by atoms with Crippen molar-refractivity contribution in [3.63, 3.8) is 0 Å². The first-order chi connectivity index (χ1) is 12.2. The van der Waals surface area contributed by atoms with Crippen LogP contribution in [0, 0.1) is 5.82 Å². The number of ether oxygens (including phenoxy) is 1. The maximum absolute atomic E-state index is 13.5. The fourth-order valence-electron chi connectivity index (χ4n) is 3.07. The lowest BCUT2D eigenvalue weighted by Gasteiger charge is -2.35. The van der Waals surface area contributed by atoms with Gasteiger partial charge in [-0.05, 0) is 17.7 Å². The summed E-state index contributed by atoms with van der Waals surface area (Å²) in [4.78, 5) is 4.66. The van der Waals surface area contributed by atoms with Crippen LogP contribution in [0.4, 0.5) is 4.39 Å². The average Bonchev–Trinajstić information content (AvgIpc) is 2.64. The van der Waals surface area contributed by atoms with E-state index in [0.29, 0.717) is 6.54 Å². The Balaban J connectivity index is 1.37. The van der Waals surface area contributed by atoms with Crippen molar-refractivity contribution in [2.45, 2.75) is 12.6 Å². The van der Waals surface area contributed by atoms with Crippen molar-refractivity contribution in [1.29, 1.82) is 0 Å². The number of halogens is 1. The number of para-hydroxylation sites is 1.